The quantitative estimate of drug-likeness (QED) is 0.872. The third-order valence-corrected chi connectivity index (χ3v) is 4.43. The first kappa shape index (κ1) is 18.9. The Hall–Kier alpha value is -1.13. The molecule has 3 nitrogen and oxygen atoms in total. The van der Waals surface area contributed by atoms with E-state index in [1.54, 1.807) is 18.2 Å². The molecular weight excluding hydrogens is 303 g/mol. The average molecular weight is 329 g/mol. The van der Waals surface area contributed by atoms with E-state index >= 15 is 0 Å². The summed E-state index contributed by atoms with van der Waals surface area (Å²) in [6.45, 7) is 6.80. The number of halogens is 2. The lowest BCUT2D eigenvalue weighted by Gasteiger charge is -2.34. The molecule has 1 aliphatic heterocycles. The van der Waals surface area contributed by atoms with Gasteiger partial charge in [-0.25, -0.2) is 4.39 Å². The minimum Gasteiger partial charge on any atom is -0.355 e. The molecule has 0 aromatic heterocycles. The Morgan fingerprint density at radius 1 is 1.36 bits per heavy atom. The van der Waals surface area contributed by atoms with Crippen molar-refractivity contribution in [1.29, 1.82) is 0 Å². The largest absolute Gasteiger partial charge is 0.355 e. The smallest absolute Gasteiger partial charge is 0.223 e. The molecular formula is C17H26ClFN2O. The lowest BCUT2D eigenvalue weighted by molar-refractivity contribution is -0.125. The van der Waals surface area contributed by atoms with Gasteiger partial charge in [0.2, 0.25) is 5.91 Å². The van der Waals surface area contributed by atoms with Crippen LogP contribution in [0.25, 0.3) is 0 Å². The third kappa shape index (κ3) is 5.25. The Labute approximate surface area is 138 Å². The van der Waals surface area contributed by atoms with Gasteiger partial charge in [-0.1, -0.05) is 32.0 Å². The van der Waals surface area contributed by atoms with Crippen LogP contribution < -0.4 is 10.6 Å². The van der Waals surface area contributed by atoms with E-state index in [0.717, 1.165) is 25.9 Å². The van der Waals surface area contributed by atoms with Gasteiger partial charge in [-0.2, -0.15) is 0 Å². The second-order valence-electron chi connectivity index (χ2n) is 6.48. The molecule has 0 bridgehead atoms. The lowest BCUT2D eigenvalue weighted by Crippen LogP contribution is -2.44. The zero-order chi connectivity index (χ0) is 15.3. The van der Waals surface area contributed by atoms with E-state index in [9.17, 15) is 9.18 Å². The molecule has 5 heteroatoms. The Morgan fingerprint density at radius 3 is 2.64 bits per heavy atom. The Morgan fingerprint density at radius 2 is 2.00 bits per heavy atom. The fourth-order valence-corrected chi connectivity index (χ4v) is 2.77. The van der Waals surface area contributed by atoms with Crippen molar-refractivity contribution in [1.82, 2.24) is 10.6 Å². The number of amides is 1. The third-order valence-electron chi connectivity index (χ3n) is 4.43. The predicted octanol–water partition coefficient (Wildman–Crippen LogP) is 2.93. The number of carbonyl (C=O) groups is 1. The molecule has 1 heterocycles. The van der Waals surface area contributed by atoms with Crippen molar-refractivity contribution in [2.75, 3.05) is 19.6 Å². The highest BCUT2D eigenvalue weighted by Gasteiger charge is 2.27. The average Bonchev–Trinajstić information content (AvgIpc) is 2.48. The summed E-state index contributed by atoms with van der Waals surface area (Å²) in [6.07, 6.45) is 2.60. The molecule has 1 amide bonds. The number of hydrogen-bond acceptors (Lipinski definition) is 2. The van der Waals surface area contributed by atoms with E-state index in [0.29, 0.717) is 18.5 Å². The summed E-state index contributed by atoms with van der Waals surface area (Å²) in [5, 5.41) is 6.38. The Bertz CT molecular complexity index is 489. The molecule has 0 radical (unpaired) electrons. The minimum absolute atomic E-state index is 0. The number of nitrogens with one attached hydrogen (secondary N) is 2. The monoisotopic (exact) mass is 328 g/mol. The Kier molecular flexibility index (Phi) is 7.30. The number of piperidine rings is 1. The maximum absolute atomic E-state index is 13.6. The van der Waals surface area contributed by atoms with Crippen molar-refractivity contribution < 1.29 is 9.18 Å². The van der Waals surface area contributed by atoms with Gasteiger partial charge in [-0.05, 0) is 49.4 Å². The van der Waals surface area contributed by atoms with Crippen molar-refractivity contribution in [3.63, 3.8) is 0 Å². The molecule has 0 spiro atoms. The summed E-state index contributed by atoms with van der Waals surface area (Å²) >= 11 is 0. The summed E-state index contributed by atoms with van der Waals surface area (Å²) in [5.41, 5.74) is 0.784. The van der Waals surface area contributed by atoms with Crippen LogP contribution in [0.4, 0.5) is 4.39 Å². The Balaban J connectivity index is 0.00000242. The number of rotatable bonds is 5. The van der Waals surface area contributed by atoms with Crippen LogP contribution in [0, 0.1) is 17.2 Å². The lowest BCUT2D eigenvalue weighted by atomic mass is 9.81. The van der Waals surface area contributed by atoms with Crippen LogP contribution in [0.3, 0.4) is 0 Å². The molecule has 2 N–H and O–H groups in total. The van der Waals surface area contributed by atoms with Crippen LogP contribution in [0.2, 0.25) is 0 Å². The van der Waals surface area contributed by atoms with Gasteiger partial charge >= 0.3 is 0 Å². The van der Waals surface area contributed by atoms with Crippen molar-refractivity contribution in [2.45, 2.75) is 33.1 Å². The van der Waals surface area contributed by atoms with E-state index < -0.39 is 0 Å². The number of benzene rings is 1. The zero-order valence-corrected chi connectivity index (χ0v) is 14.1. The molecule has 1 aromatic rings. The molecule has 2 rings (SSSR count). The maximum Gasteiger partial charge on any atom is 0.223 e. The van der Waals surface area contributed by atoms with Crippen LogP contribution in [0.1, 0.15) is 32.3 Å². The normalized spacial score (nSPS) is 18.1. The first-order valence-corrected chi connectivity index (χ1v) is 7.72. The zero-order valence-electron chi connectivity index (χ0n) is 13.3. The summed E-state index contributed by atoms with van der Waals surface area (Å²) < 4.78 is 13.6. The van der Waals surface area contributed by atoms with E-state index in [4.69, 9.17) is 0 Å². The van der Waals surface area contributed by atoms with Gasteiger partial charge < -0.3 is 10.6 Å². The van der Waals surface area contributed by atoms with Crippen molar-refractivity contribution in [3.05, 3.63) is 35.6 Å². The van der Waals surface area contributed by atoms with Gasteiger partial charge in [0, 0.05) is 12.5 Å². The summed E-state index contributed by atoms with van der Waals surface area (Å²) in [7, 11) is 0. The molecule has 1 atom stereocenters. The van der Waals surface area contributed by atoms with Crippen molar-refractivity contribution in [3.8, 4) is 0 Å². The van der Waals surface area contributed by atoms with Gasteiger partial charge in [0.25, 0.3) is 0 Å². The fourth-order valence-electron chi connectivity index (χ4n) is 2.77. The molecule has 22 heavy (non-hydrogen) atoms. The van der Waals surface area contributed by atoms with Crippen LogP contribution in [-0.2, 0) is 11.2 Å². The standard InChI is InChI=1S/C17H25FN2O.ClH/c1-13(11-14-5-3-4-6-15(14)18)16(21)20-12-17(2)7-9-19-10-8-17;/h3-6,13,19H,7-12H2,1-2H3,(H,20,21);1H. The molecule has 1 aliphatic rings. The van der Waals surface area contributed by atoms with Gasteiger partial charge in [0.1, 0.15) is 5.82 Å². The van der Waals surface area contributed by atoms with E-state index in [2.05, 4.69) is 17.6 Å². The number of carbonyl (C=O) groups excluding carboxylic acids is 1. The molecule has 0 aliphatic carbocycles. The van der Waals surface area contributed by atoms with Gasteiger partial charge in [0.05, 0.1) is 0 Å². The van der Waals surface area contributed by atoms with E-state index in [1.807, 2.05) is 6.92 Å². The van der Waals surface area contributed by atoms with Crippen molar-refractivity contribution >= 4 is 18.3 Å². The molecule has 1 saturated heterocycles. The van der Waals surface area contributed by atoms with Gasteiger partial charge in [-0.15, -0.1) is 12.4 Å². The predicted molar refractivity (Wildman–Crippen MR) is 89.7 cm³/mol. The highest BCUT2D eigenvalue weighted by atomic mass is 35.5. The van der Waals surface area contributed by atoms with Gasteiger partial charge in [-0.3, -0.25) is 4.79 Å². The van der Waals surface area contributed by atoms with Crippen LogP contribution >= 0.6 is 12.4 Å². The second kappa shape index (κ2) is 8.49. The molecule has 1 fully saturated rings. The highest BCUT2D eigenvalue weighted by molar-refractivity contribution is 5.85. The number of hydrogen-bond donors (Lipinski definition) is 2. The topological polar surface area (TPSA) is 41.1 Å². The molecule has 1 unspecified atom stereocenters. The summed E-state index contributed by atoms with van der Waals surface area (Å²) in [4.78, 5) is 12.2. The molecule has 0 saturated carbocycles. The van der Waals surface area contributed by atoms with Gasteiger partial charge in [0.15, 0.2) is 0 Å². The molecule has 1 aromatic carbocycles. The maximum atomic E-state index is 13.6. The summed E-state index contributed by atoms with van der Waals surface area (Å²) in [6, 6.07) is 6.66. The van der Waals surface area contributed by atoms with Crippen LogP contribution in [0.5, 0.6) is 0 Å². The van der Waals surface area contributed by atoms with Crippen LogP contribution in [-0.4, -0.2) is 25.5 Å². The first-order chi connectivity index (χ1) is 10.0. The molecule has 124 valence electrons. The fraction of sp³-hybridized carbons (Fsp3) is 0.588. The summed E-state index contributed by atoms with van der Waals surface area (Å²) in [5.74, 6) is -0.437. The minimum atomic E-state index is -0.234. The highest BCUT2D eigenvalue weighted by Crippen LogP contribution is 2.26. The van der Waals surface area contributed by atoms with E-state index in [-0.39, 0.29) is 35.5 Å². The van der Waals surface area contributed by atoms with E-state index in [1.165, 1.54) is 6.07 Å². The van der Waals surface area contributed by atoms with Crippen molar-refractivity contribution in [2.24, 2.45) is 11.3 Å². The first-order valence-electron chi connectivity index (χ1n) is 7.72. The van der Waals surface area contributed by atoms with Crippen LogP contribution in [0.15, 0.2) is 24.3 Å². The SMILES string of the molecule is CC(Cc1ccccc1F)C(=O)NCC1(C)CCNCC1.Cl. The second-order valence-corrected chi connectivity index (χ2v) is 6.48.